The minimum Gasteiger partial charge on any atom is -0.312 e. The second kappa shape index (κ2) is 7.94. The van der Waals surface area contributed by atoms with Gasteiger partial charge in [0.05, 0.1) is 5.69 Å². The van der Waals surface area contributed by atoms with Crippen LogP contribution in [0.3, 0.4) is 0 Å². The van der Waals surface area contributed by atoms with Gasteiger partial charge in [-0.3, -0.25) is 14.9 Å². The zero-order valence-electron chi connectivity index (χ0n) is 15.6. The van der Waals surface area contributed by atoms with Gasteiger partial charge in [-0.15, -0.1) is 11.3 Å². The van der Waals surface area contributed by atoms with E-state index in [1.807, 2.05) is 17.5 Å². The molecule has 4 rings (SSSR count). The van der Waals surface area contributed by atoms with Gasteiger partial charge >= 0.3 is 0 Å². The van der Waals surface area contributed by atoms with Crippen molar-refractivity contribution in [2.75, 3.05) is 16.8 Å². The number of carbonyl (C=O) groups excluding carboxylic acids is 2. The number of amides is 2. The summed E-state index contributed by atoms with van der Waals surface area (Å²) in [6, 6.07) is 15.4. The van der Waals surface area contributed by atoms with Crippen LogP contribution < -0.4 is 10.2 Å². The van der Waals surface area contributed by atoms with Crippen LogP contribution in [0.1, 0.15) is 35.7 Å². The van der Waals surface area contributed by atoms with Gasteiger partial charge in [-0.2, -0.15) is 0 Å². The smallest absolute Gasteiger partial charge is 0.257 e. The molecular formula is C22H21N3O2S. The Morgan fingerprint density at radius 1 is 1.14 bits per heavy atom. The lowest BCUT2D eigenvalue weighted by Gasteiger charge is -2.15. The van der Waals surface area contributed by atoms with E-state index in [-0.39, 0.29) is 11.8 Å². The van der Waals surface area contributed by atoms with Gasteiger partial charge in [0, 0.05) is 35.2 Å². The van der Waals surface area contributed by atoms with Crippen molar-refractivity contribution < 1.29 is 9.59 Å². The quantitative estimate of drug-likeness (QED) is 0.683. The van der Waals surface area contributed by atoms with Crippen LogP contribution in [0.2, 0.25) is 0 Å². The summed E-state index contributed by atoms with van der Waals surface area (Å²) in [5, 5.41) is 5.37. The lowest BCUT2D eigenvalue weighted by atomic mass is 10.1. The molecule has 0 radical (unpaired) electrons. The molecule has 142 valence electrons. The Morgan fingerprint density at radius 3 is 2.54 bits per heavy atom. The standard InChI is InChI=1S/C22H21N3O2S/c1-2-15-5-7-16(8-6-15)19-14-28-22(23-19)24-21(27)17-9-11-18(12-10-17)25-13-3-4-20(25)26/h5-12,14H,2-4,13H2,1H3,(H,23,24,27). The van der Waals surface area contributed by atoms with Crippen molar-refractivity contribution in [1.82, 2.24) is 4.98 Å². The Kier molecular flexibility index (Phi) is 5.21. The first-order chi connectivity index (χ1) is 13.6. The van der Waals surface area contributed by atoms with Gasteiger partial charge in [0.2, 0.25) is 5.91 Å². The minimum absolute atomic E-state index is 0.138. The normalized spacial score (nSPS) is 13.8. The van der Waals surface area contributed by atoms with Gasteiger partial charge in [-0.05, 0) is 42.7 Å². The molecule has 1 N–H and O–H groups in total. The zero-order chi connectivity index (χ0) is 19.5. The summed E-state index contributed by atoms with van der Waals surface area (Å²) >= 11 is 1.41. The van der Waals surface area contributed by atoms with Crippen molar-refractivity contribution in [2.45, 2.75) is 26.2 Å². The van der Waals surface area contributed by atoms with E-state index in [1.54, 1.807) is 17.0 Å². The second-order valence-corrected chi connectivity index (χ2v) is 7.60. The predicted octanol–water partition coefficient (Wildman–Crippen LogP) is 4.75. The number of rotatable bonds is 5. The van der Waals surface area contributed by atoms with Gasteiger partial charge in [0.15, 0.2) is 5.13 Å². The molecule has 1 aliphatic rings. The third kappa shape index (κ3) is 3.82. The van der Waals surface area contributed by atoms with E-state index in [1.165, 1.54) is 16.9 Å². The van der Waals surface area contributed by atoms with Crippen LogP contribution in [0.15, 0.2) is 53.9 Å². The summed E-state index contributed by atoms with van der Waals surface area (Å²) in [5.41, 5.74) is 4.55. The molecule has 0 saturated carbocycles. The molecule has 1 fully saturated rings. The molecular weight excluding hydrogens is 370 g/mol. The third-order valence-corrected chi connectivity index (χ3v) is 5.65. The summed E-state index contributed by atoms with van der Waals surface area (Å²) < 4.78 is 0. The Bertz CT molecular complexity index is 993. The van der Waals surface area contributed by atoms with Crippen molar-refractivity contribution in [3.63, 3.8) is 0 Å². The summed E-state index contributed by atoms with van der Waals surface area (Å²) in [4.78, 5) is 30.6. The van der Waals surface area contributed by atoms with E-state index in [0.717, 1.165) is 36.3 Å². The minimum atomic E-state index is -0.207. The van der Waals surface area contributed by atoms with E-state index in [2.05, 4.69) is 41.5 Å². The fourth-order valence-corrected chi connectivity index (χ4v) is 3.97. The maximum atomic E-state index is 12.5. The third-order valence-electron chi connectivity index (χ3n) is 4.90. The highest BCUT2D eigenvalue weighted by atomic mass is 32.1. The number of thiazole rings is 1. The molecule has 1 aliphatic heterocycles. The van der Waals surface area contributed by atoms with Crippen LogP contribution in [-0.4, -0.2) is 23.3 Å². The number of carbonyl (C=O) groups is 2. The van der Waals surface area contributed by atoms with Crippen LogP contribution in [-0.2, 0) is 11.2 Å². The lowest BCUT2D eigenvalue weighted by molar-refractivity contribution is -0.117. The summed E-state index contributed by atoms with van der Waals surface area (Å²) in [6.07, 6.45) is 2.48. The van der Waals surface area contributed by atoms with Crippen LogP contribution in [0, 0.1) is 0 Å². The Labute approximate surface area is 168 Å². The molecule has 1 aromatic heterocycles. The van der Waals surface area contributed by atoms with Crippen LogP contribution in [0.25, 0.3) is 11.3 Å². The largest absolute Gasteiger partial charge is 0.312 e. The molecule has 6 heteroatoms. The monoisotopic (exact) mass is 391 g/mol. The molecule has 1 saturated heterocycles. The molecule has 2 aromatic carbocycles. The second-order valence-electron chi connectivity index (χ2n) is 6.74. The molecule has 2 heterocycles. The summed E-state index contributed by atoms with van der Waals surface area (Å²) in [5.74, 6) is -0.0685. The molecule has 5 nitrogen and oxygen atoms in total. The van der Waals surface area contributed by atoms with Crippen LogP contribution in [0.5, 0.6) is 0 Å². The number of nitrogens with zero attached hydrogens (tertiary/aromatic N) is 2. The van der Waals surface area contributed by atoms with Crippen LogP contribution in [0.4, 0.5) is 10.8 Å². The fourth-order valence-electron chi connectivity index (χ4n) is 3.26. The van der Waals surface area contributed by atoms with E-state index < -0.39 is 0 Å². The molecule has 0 spiro atoms. The zero-order valence-corrected chi connectivity index (χ0v) is 16.5. The molecule has 3 aromatic rings. The summed E-state index contributed by atoms with van der Waals surface area (Å²) in [6.45, 7) is 2.87. The number of anilines is 2. The Hall–Kier alpha value is -2.99. The van der Waals surface area contributed by atoms with Gasteiger partial charge in [-0.1, -0.05) is 31.2 Å². The highest BCUT2D eigenvalue weighted by Gasteiger charge is 2.21. The van der Waals surface area contributed by atoms with Crippen molar-refractivity contribution >= 4 is 34.0 Å². The number of hydrogen-bond acceptors (Lipinski definition) is 4. The summed E-state index contributed by atoms with van der Waals surface area (Å²) in [7, 11) is 0. The molecule has 0 unspecified atom stereocenters. The number of nitrogens with one attached hydrogen (secondary N) is 1. The van der Waals surface area contributed by atoms with Crippen molar-refractivity contribution in [1.29, 1.82) is 0 Å². The molecule has 28 heavy (non-hydrogen) atoms. The Balaban J connectivity index is 1.43. The van der Waals surface area contributed by atoms with Crippen LogP contribution >= 0.6 is 11.3 Å². The number of aryl methyl sites for hydroxylation is 1. The first kappa shape index (κ1) is 18.4. The fraction of sp³-hybridized carbons (Fsp3) is 0.227. The average Bonchev–Trinajstić information content (AvgIpc) is 3.37. The number of aromatic nitrogens is 1. The predicted molar refractivity (Wildman–Crippen MR) is 113 cm³/mol. The van der Waals surface area contributed by atoms with Crippen molar-refractivity contribution in [2.24, 2.45) is 0 Å². The van der Waals surface area contributed by atoms with E-state index >= 15 is 0 Å². The van der Waals surface area contributed by atoms with E-state index in [4.69, 9.17) is 0 Å². The molecule has 0 bridgehead atoms. The van der Waals surface area contributed by atoms with E-state index in [0.29, 0.717) is 17.1 Å². The molecule has 2 amide bonds. The van der Waals surface area contributed by atoms with Gasteiger partial charge in [0.25, 0.3) is 5.91 Å². The van der Waals surface area contributed by atoms with Crippen molar-refractivity contribution in [3.05, 3.63) is 65.0 Å². The Morgan fingerprint density at radius 2 is 1.89 bits per heavy atom. The van der Waals surface area contributed by atoms with E-state index in [9.17, 15) is 9.59 Å². The van der Waals surface area contributed by atoms with Gasteiger partial charge in [-0.25, -0.2) is 4.98 Å². The average molecular weight is 391 g/mol. The maximum Gasteiger partial charge on any atom is 0.257 e. The first-order valence-corrected chi connectivity index (χ1v) is 10.3. The SMILES string of the molecule is CCc1ccc(-c2csc(NC(=O)c3ccc(N4CCCC4=O)cc3)n2)cc1. The lowest BCUT2D eigenvalue weighted by Crippen LogP contribution is -2.23. The highest BCUT2D eigenvalue weighted by Crippen LogP contribution is 2.26. The topological polar surface area (TPSA) is 62.3 Å². The first-order valence-electron chi connectivity index (χ1n) is 9.40. The van der Waals surface area contributed by atoms with Gasteiger partial charge < -0.3 is 4.90 Å². The van der Waals surface area contributed by atoms with Gasteiger partial charge in [0.1, 0.15) is 0 Å². The van der Waals surface area contributed by atoms with Crippen molar-refractivity contribution in [3.8, 4) is 11.3 Å². The molecule has 0 atom stereocenters. The number of benzene rings is 2. The molecule has 0 aliphatic carbocycles. The highest BCUT2D eigenvalue weighted by molar-refractivity contribution is 7.14. The number of hydrogen-bond donors (Lipinski definition) is 1. The maximum absolute atomic E-state index is 12.5.